The van der Waals surface area contributed by atoms with E-state index in [1.807, 2.05) is 0 Å². The highest BCUT2D eigenvalue weighted by molar-refractivity contribution is 5.85. The fraction of sp³-hybridized carbons (Fsp3) is 0.875. The number of carbonyl (C=O) groups is 1. The summed E-state index contributed by atoms with van der Waals surface area (Å²) in [5.41, 5.74) is 5.58. The van der Waals surface area contributed by atoms with Gasteiger partial charge in [0.25, 0.3) is 0 Å². The van der Waals surface area contributed by atoms with E-state index in [1.165, 1.54) is 7.11 Å². The van der Waals surface area contributed by atoms with E-state index in [0.717, 1.165) is 19.3 Å². The highest BCUT2D eigenvalue weighted by Crippen LogP contribution is 2.63. The van der Waals surface area contributed by atoms with Gasteiger partial charge in [-0.25, -0.2) is 0 Å². The quantitative estimate of drug-likeness (QED) is 0.622. The van der Waals surface area contributed by atoms with Crippen LogP contribution >= 0.6 is 12.4 Å². The van der Waals surface area contributed by atoms with Crippen LogP contribution in [0.3, 0.4) is 0 Å². The predicted molar refractivity (Wildman–Crippen MR) is 47.0 cm³/mol. The Morgan fingerprint density at radius 3 is 2.67 bits per heavy atom. The lowest BCUT2D eigenvalue weighted by atomic mass is 10.0. The first-order valence-corrected chi connectivity index (χ1v) is 4.03. The average molecular weight is 192 g/mol. The number of hydrogen-bond donors (Lipinski definition) is 1. The molecule has 2 saturated carbocycles. The van der Waals surface area contributed by atoms with Gasteiger partial charge >= 0.3 is 5.97 Å². The van der Waals surface area contributed by atoms with E-state index in [9.17, 15) is 4.79 Å². The van der Waals surface area contributed by atoms with Gasteiger partial charge in [0.15, 0.2) is 0 Å². The number of fused-ring (bicyclic) bond motifs is 1. The molecule has 70 valence electrons. The number of ether oxygens (including phenoxy) is 1. The van der Waals surface area contributed by atoms with Crippen LogP contribution in [-0.2, 0) is 9.53 Å². The largest absolute Gasteiger partial charge is 0.469 e. The smallest absolute Gasteiger partial charge is 0.312 e. The van der Waals surface area contributed by atoms with Crippen molar-refractivity contribution >= 4 is 18.4 Å². The van der Waals surface area contributed by atoms with Gasteiger partial charge < -0.3 is 10.5 Å². The van der Waals surface area contributed by atoms with Gasteiger partial charge in [-0.3, -0.25) is 4.79 Å². The molecule has 3 atom stereocenters. The highest BCUT2D eigenvalue weighted by Gasteiger charge is 2.65. The normalized spacial score (nSPS) is 42.8. The number of nitrogens with two attached hydrogens (primary N) is 1. The summed E-state index contributed by atoms with van der Waals surface area (Å²) < 4.78 is 4.73. The summed E-state index contributed by atoms with van der Waals surface area (Å²) in [5.74, 6) is 0.486. The van der Waals surface area contributed by atoms with Gasteiger partial charge in [-0.1, -0.05) is 0 Å². The summed E-state index contributed by atoms with van der Waals surface area (Å²) in [6.45, 7) is 0. The molecule has 2 rings (SSSR count). The van der Waals surface area contributed by atoms with Crippen molar-refractivity contribution in [2.24, 2.45) is 17.1 Å². The summed E-state index contributed by atoms with van der Waals surface area (Å²) >= 11 is 0. The molecule has 0 saturated heterocycles. The highest BCUT2D eigenvalue weighted by atomic mass is 35.5. The zero-order valence-corrected chi connectivity index (χ0v) is 7.89. The van der Waals surface area contributed by atoms with Crippen molar-refractivity contribution in [2.45, 2.75) is 25.3 Å². The van der Waals surface area contributed by atoms with Crippen LogP contribution in [0.15, 0.2) is 0 Å². The first-order valence-electron chi connectivity index (χ1n) is 4.03. The molecule has 0 aromatic rings. The topological polar surface area (TPSA) is 52.3 Å². The molecule has 0 heterocycles. The molecule has 3 nitrogen and oxygen atoms in total. The molecule has 12 heavy (non-hydrogen) atoms. The summed E-state index contributed by atoms with van der Waals surface area (Å²) in [4.78, 5) is 11.2. The van der Waals surface area contributed by atoms with Gasteiger partial charge in [0.1, 0.15) is 0 Å². The molecule has 3 unspecified atom stereocenters. The van der Waals surface area contributed by atoms with E-state index in [4.69, 9.17) is 10.5 Å². The van der Waals surface area contributed by atoms with Gasteiger partial charge in [0.2, 0.25) is 0 Å². The van der Waals surface area contributed by atoms with Crippen LogP contribution in [0.5, 0.6) is 0 Å². The summed E-state index contributed by atoms with van der Waals surface area (Å²) in [7, 11) is 1.45. The molecule has 0 bridgehead atoms. The average Bonchev–Trinajstić information content (AvgIpc) is 2.55. The zero-order valence-electron chi connectivity index (χ0n) is 7.08. The number of esters is 1. The molecule has 2 fully saturated rings. The van der Waals surface area contributed by atoms with Crippen molar-refractivity contribution in [1.82, 2.24) is 0 Å². The third-order valence-corrected chi connectivity index (χ3v) is 3.04. The van der Waals surface area contributed by atoms with Gasteiger partial charge in [-0.2, -0.15) is 0 Å². The Morgan fingerprint density at radius 1 is 1.58 bits per heavy atom. The maximum absolute atomic E-state index is 11.2. The Kier molecular flexibility index (Phi) is 2.36. The van der Waals surface area contributed by atoms with Crippen LogP contribution < -0.4 is 5.73 Å². The molecule has 0 aromatic heterocycles. The SMILES string of the molecule is COC(=O)C12CC(N)CC1C2.Cl. The molecule has 0 aromatic carbocycles. The summed E-state index contributed by atoms with van der Waals surface area (Å²) in [6.07, 6.45) is 2.85. The molecule has 2 N–H and O–H groups in total. The third kappa shape index (κ3) is 1.12. The lowest BCUT2D eigenvalue weighted by Crippen LogP contribution is -2.23. The Morgan fingerprint density at radius 2 is 2.25 bits per heavy atom. The summed E-state index contributed by atoms with van der Waals surface area (Å²) in [5, 5.41) is 0. The number of carbonyl (C=O) groups excluding carboxylic acids is 1. The molecule has 0 aliphatic heterocycles. The van der Waals surface area contributed by atoms with Crippen molar-refractivity contribution in [1.29, 1.82) is 0 Å². The molecule has 2 aliphatic carbocycles. The fourth-order valence-electron chi connectivity index (χ4n) is 2.39. The Balaban J connectivity index is 0.000000720. The molecule has 4 heteroatoms. The van der Waals surface area contributed by atoms with E-state index in [1.54, 1.807) is 0 Å². The molecule has 0 amide bonds. The van der Waals surface area contributed by atoms with Crippen LogP contribution in [0, 0.1) is 11.3 Å². The Hall–Kier alpha value is -0.280. The molecule has 0 radical (unpaired) electrons. The zero-order chi connectivity index (χ0) is 8.06. The lowest BCUT2D eigenvalue weighted by Gasteiger charge is -2.10. The summed E-state index contributed by atoms with van der Waals surface area (Å²) in [6, 6.07) is 0.229. The standard InChI is InChI=1S/C8H13NO2.ClH/c1-11-7(10)8-3-5(8)2-6(9)4-8;/h5-6H,2-4,9H2,1H3;1H. The maximum Gasteiger partial charge on any atom is 0.312 e. The van der Waals surface area contributed by atoms with Crippen molar-refractivity contribution < 1.29 is 9.53 Å². The minimum Gasteiger partial charge on any atom is -0.469 e. The molecular weight excluding hydrogens is 178 g/mol. The fourth-order valence-corrected chi connectivity index (χ4v) is 2.39. The second kappa shape index (κ2) is 2.89. The molecule has 0 spiro atoms. The van der Waals surface area contributed by atoms with Crippen molar-refractivity contribution in [3.8, 4) is 0 Å². The van der Waals surface area contributed by atoms with Gasteiger partial charge in [0.05, 0.1) is 12.5 Å². The van der Waals surface area contributed by atoms with E-state index < -0.39 is 0 Å². The lowest BCUT2D eigenvalue weighted by molar-refractivity contribution is -0.147. The van der Waals surface area contributed by atoms with Crippen molar-refractivity contribution in [3.05, 3.63) is 0 Å². The molecule has 2 aliphatic rings. The minimum absolute atomic E-state index is 0. The predicted octanol–water partition coefficient (Wildman–Crippen LogP) is 0.709. The monoisotopic (exact) mass is 191 g/mol. The van der Waals surface area contributed by atoms with Crippen molar-refractivity contribution in [2.75, 3.05) is 7.11 Å². The van der Waals surface area contributed by atoms with Crippen LogP contribution in [0.25, 0.3) is 0 Å². The number of hydrogen-bond acceptors (Lipinski definition) is 3. The van der Waals surface area contributed by atoms with Gasteiger partial charge in [0, 0.05) is 6.04 Å². The second-order valence-corrected chi connectivity index (χ2v) is 3.75. The molecular formula is C8H14ClNO2. The van der Waals surface area contributed by atoms with E-state index >= 15 is 0 Å². The first kappa shape index (κ1) is 9.81. The van der Waals surface area contributed by atoms with Crippen molar-refractivity contribution in [3.63, 3.8) is 0 Å². The first-order chi connectivity index (χ1) is 5.19. The minimum atomic E-state index is -0.145. The van der Waals surface area contributed by atoms with E-state index in [2.05, 4.69) is 0 Å². The third-order valence-electron chi connectivity index (χ3n) is 3.04. The Labute approximate surface area is 78.1 Å². The van der Waals surface area contributed by atoms with Crippen LogP contribution in [0.4, 0.5) is 0 Å². The second-order valence-electron chi connectivity index (χ2n) is 3.75. The number of methoxy groups -OCH3 is 1. The number of halogens is 1. The van der Waals surface area contributed by atoms with Crippen LogP contribution in [0.1, 0.15) is 19.3 Å². The van der Waals surface area contributed by atoms with Gasteiger partial charge in [-0.15, -0.1) is 12.4 Å². The van der Waals surface area contributed by atoms with E-state index in [0.29, 0.717) is 5.92 Å². The Bertz CT molecular complexity index is 209. The van der Waals surface area contributed by atoms with Crippen LogP contribution in [0.2, 0.25) is 0 Å². The number of rotatable bonds is 1. The van der Waals surface area contributed by atoms with Gasteiger partial charge in [-0.05, 0) is 25.2 Å². The van der Waals surface area contributed by atoms with E-state index in [-0.39, 0.29) is 29.8 Å². The van der Waals surface area contributed by atoms with Crippen LogP contribution in [-0.4, -0.2) is 19.1 Å². The maximum atomic E-state index is 11.2.